The molecule has 0 amide bonds. The maximum atomic E-state index is 6.23. The smallest absolute Gasteiger partial charge is 0.133 e. The number of nitrogens with two attached hydrogens (primary N) is 1. The first kappa shape index (κ1) is 16.3. The van der Waals surface area contributed by atoms with Crippen molar-refractivity contribution in [1.82, 2.24) is 0 Å². The number of ether oxygens (including phenoxy) is 1. The predicted octanol–water partition coefficient (Wildman–Crippen LogP) is 4.47. The lowest BCUT2D eigenvalue weighted by Crippen LogP contribution is -2.19. The van der Waals surface area contributed by atoms with Gasteiger partial charge in [-0.2, -0.15) is 0 Å². The molecule has 2 rings (SSSR count). The Morgan fingerprint density at radius 3 is 2.57 bits per heavy atom. The fourth-order valence-electron chi connectivity index (χ4n) is 2.38. The van der Waals surface area contributed by atoms with Gasteiger partial charge in [-0.25, -0.2) is 0 Å². The predicted molar refractivity (Wildman–Crippen MR) is 92.1 cm³/mol. The van der Waals surface area contributed by atoms with Crippen molar-refractivity contribution in [3.8, 4) is 5.75 Å². The van der Waals surface area contributed by atoms with Gasteiger partial charge in [0, 0.05) is 5.02 Å². The van der Waals surface area contributed by atoms with E-state index >= 15 is 0 Å². The summed E-state index contributed by atoms with van der Waals surface area (Å²) >= 11 is 9.75. The molecule has 4 heteroatoms. The molecule has 0 fully saturated rings. The Hall–Kier alpha value is -1.03. The van der Waals surface area contributed by atoms with Gasteiger partial charge in [-0.05, 0) is 70.6 Å². The van der Waals surface area contributed by atoms with E-state index in [2.05, 4.69) is 34.1 Å². The molecule has 1 unspecified atom stereocenters. The van der Waals surface area contributed by atoms with Crippen molar-refractivity contribution >= 4 is 27.5 Å². The average Bonchev–Trinajstić information content (AvgIpc) is 2.49. The average molecular weight is 369 g/mol. The zero-order valence-electron chi connectivity index (χ0n) is 12.0. The molecule has 112 valence electrons. The van der Waals surface area contributed by atoms with E-state index in [-0.39, 0.29) is 0 Å². The largest absolute Gasteiger partial charge is 0.496 e. The number of hydrogen-bond donors (Lipinski definition) is 1. The second-order valence-corrected chi connectivity index (χ2v) is 6.33. The van der Waals surface area contributed by atoms with Gasteiger partial charge in [-0.15, -0.1) is 0 Å². The highest BCUT2D eigenvalue weighted by Crippen LogP contribution is 2.27. The molecule has 2 aromatic rings. The summed E-state index contributed by atoms with van der Waals surface area (Å²) in [5.41, 5.74) is 8.33. The van der Waals surface area contributed by atoms with E-state index < -0.39 is 0 Å². The monoisotopic (exact) mass is 367 g/mol. The molecular formula is C17H19BrClNO. The van der Waals surface area contributed by atoms with Crippen LogP contribution in [0.2, 0.25) is 5.02 Å². The first-order valence-electron chi connectivity index (χ1n) is 6.90. The Morgan fingerprint density at radius 2 is 1.95 bits per heavy atom. The molecule has 0 saturated carbocycles. The minimum atomic E-state index is 0.366. The van der Waals surface area contributed by atoms with Crippen molar-refractivity contribution in [3.63, 3.8) is 0 Å². The molecule has 0 aliphatic heterocycles. The highest BCUT2D eigenvalue weighted by atomic mass is 79.9. The number of hydrogen-bond acceptors (Lipinski definition) is 2. The summed E-state index contributed by atoms with van der Waals surface area (Å²) < 4.78 is 6.22. The maximum Gasteiger partial charge on any atom is 0.133 e. The van der Waals surface area contributed by atoms with Gasteiger partial charge in [0.2, 0.25) is 0 Å². The van der Waals surface area contributed by atoms with Crippen molar-refractivity contribution in [3.05, 3.63) is 63.1 Å². The van der Waals surface area contributed by atoms with Crippen LogP contribution in [0.25, 0.3) is 0 Å². The summed E-state index contributed by atoms with van der Waals surface area (Å²) in [5.74, 6) is 1.21. The molecule has 2 nitrogen and oxygen atoms in total. The van der Waals surface area contributed by atoms with Gasteiger partial charge in [0.05, 0.1) is 11.6 Å². The third-order valence-electron chi connectivity index (χ3n) is 3.54. The Kier molecular flexibility index (Phi) is 6.09. The Morgan fingerprint density at radius 1 is 1.19 bits per heavy atom. The second-order valence-electron chi connectivity index (χ2n) is 5.07. The molecule has 0 aromatic heterocycles. The molecule has 0 bridgehead atoms. The highest BCUT2D eigenvalue weighted by molar-refractivity contribution is 9.10. The van der Waals surface area contributed by atoms with E-state index in [1.165, 1.54) is 5.56 Å². The van der Waals surface area contributed by atoms with Crippen LogP contribution in [0, 0.1) is 5.92 Å². The van der Waals surface area contributed by atoms with Crippen LogP contribution in [0.4, 0.5) is 0 Å². The maximum absolute atomic E-state index is 6.23. The van der Waals surface area contributed by atoms with E-state index in [1.54, 1.807) is 7.11 Å². The molecule has 0 aliphatic rings. The van der Waals surface area contributed by atoms with Gasteiger partial charge in [0.15, 0.2) is 0 Å². The van der Waals surface area contributed by atoms with Crippen LogP contribution in [-0.2, 0) is 12.8 Å². The van der Waals surface area contributed by atoms with Crippen LogP contribution in [-0.4, -0.2) is 13.7 Å². The van der Waals surface area contributed by atoms with Crippen LogP contribution in [0.15, 0.2) is 46.9 Å². The molecule has 0 radical (unpaired) electrons. The highest BCUT2D eigenvalue weighted by Gasteiger charge is 2.12. The zero-order chi connectivity index (χ0) is 15.2. The van der Waals surface area contributed by atoms with E-state index in [0.29, 0.717) is 12.5 Å². The topological polar surface area (TPSA) is 35.2 Å². The minimum Gasteiger partial charge on any atom is -0.496 e. The van der Waals surface area contributed by atoms with E-state index in [4.69, 9.17) is 22.1 Å². The standard InChI is InChI=1S/C17H19BrClNO/c1-21-17-7-6-12(10-15(17)18)8-13(11-20)9-14-4-2-3-5-16(14)19/h2-7,10,13H,8-9,11,20H2,1H3. The Balaban J connectivity index is 2.09. The van der Waals surface area contributed by atoms with Crippen LogP contribution >= 0.6 is 27.5 Å². The summed E-state index contributed by atoms with van der Waals surface area (Å²) in [5, 5.41) is 0.812. The molecule has 2 N–H and O–H groups in total. The van der Waals surface area contributed by atoms with E-state index in [9.17, 15) is 0 Å². The zero-order valence-corrected chi connectivity index (χ0v) is 14.3. The number of rotatable bonds is 6. The summed E-state index contributed by atoms with van der Waals surface area (Å²) in [7, 11) is 1.67. The number of methoxy groups -OCH3 is 1. The molecule has 2 aromatic carbocycles. The van der Waals surface area contributed by atoms with Gasteiger partial charge in [-0.1, -0.05) is 35.9 Å². The fourth-order valence-corrected chi connectivity index (χ4v) is 3.18. The number of halogens is 2. The normalized spacial score (nSPS) is 12.2. The summed E-state index contributed by atoms with van der Waals surface area (Å²) in [6, 6.07) is 14.1. The van der Waals surface area contributed by atoms with E-state index in [1.807, 2.05) is 24.3 Å². The molecule has 0 spiro atoms. The SMILES string of the molecule is COc1ccc(CC(CN)Cc2ccccc2Cl)cc1Br. The van der Waals surface area contributed by atoms with Crippen LogP contribution in [0.1, 0.15) is 11.1 Å². The molecule has 0 saturated heterocycles. The first-order valence-corrected chi connectivity index (χ1v) is 8.07. The third kappa shape index (κ3) is 4.47. The summed E-state index contributed by atoms with van der Waals surface area (Å²) in [4.78, 5) is 0. The van der Waals surface area contributed by atoms with Gasteiger partial charge in [-0.3, -0.25) is 0 Å². The fraction of sp³-hybridized carbons (Fsp3) is 0.294. The van der Waals surface area contributed by atoms with Crippen molar-refractivity contribution in [2.24, 2.45) is 11.7 Å². The van der Waals surface area contributed by atoms with Gasteiger partial charge in [0.25, 0.3) is 0 Å². The van der Waals surface area contributed by atoms with Crippen molar-refractivity contribution < 1.29 is 4.74 Å². The van der Waals surface area contributed by atoms with Crippen LogP contribution in [0.5, 0.6) is 5.75 Å². The van der Waals surface area contributed by atoms with Crippen molar-refractivity contribution in [2.75, 3.05) is 13.7 Å². The van der Waals surface area contributed by atoms with Crippen molar-refractivity contribution in [1.29, 1.82) is 0 Å². The first-order chi connectivity index (χ1) is 10.1. The Bertz CT molecular complexity index is 603. The van der Waals surface area contributed by atoms with Gasteiger partial charge >= 0.3 is 0 Å². The van der Waals surface area contributed by atoms with Crippen LogP contribution < -0.4 is 10.5 Å². The van der Waals surface area contributed by atoms with Crippen LogP contribution in [0.3, 0.4) is 0 Å². The summed E-state index contributed by atoms with van der Waals surface area (Å²) in [6.45, 7) is 0.634. The number of benzene rings is 2. The van der Waals surface area contributed by atoms with Crippen molar-refractivity contribution in [2.45, 2.75) is 12.8 Å². The molecule has 1 atom stereocenters. The molecule has 0 heterocycles. The molecule has 21 heavy (non-hydrogen) atoms. The van der Waals surface area contributed by atoms with Gasteiger partial charge < -0.3 is 10.5 Å². The second kappa shape index (κ2) is 7.83. The lowest BCUT2D eigenvalue weighted by Gasteiger charge is -2.16. The molecule has 0 aliphatic carbocycles. The van der Waals surface area contributed by atoms with Gasteiger partial charge in [0.1, 0.15) is 5.75 Å². The molecular weight excluding hydrogens is 350 g/mol. The third-order valence-corrected chi connectivity index (χ3v) is 4.53. The summed E-state index contributed by atoms with van der Waals surface area (Å²) in [6.07, 6.45) is 1.81. The quantitative estimate of drug-likeness (QED) is 0.816. The minimum absolute atomic E-state index is 0.366. The van der Waals surface area contributed by atoms with E-state index in [0.717, 1.165) is 33.6 Å². The lowest BCUT2D eigenvalue weighted by molar-refractivity contribution is 0.411. The Labute approximate surface area is 139 Å². The lowest BCUT2D eigenvalue weighted by atomic mass is 9.92.